The Bertz CT molecular complexity index is 831. The third kappa shape index (κ3) is 15.1. The van der Waals surface area contributed by atoms with E-state index in [1.807, 2.05) is 12.4 Å². The van der Waals surface area contributed by atoms with Crippen LogP contribution in [0.25, 0.3) is 0 Å². The first-order valence-corrected chi connectivity index (χ1v) is 12.5. The summed E-state index contributed by atoms with van der Waals surface area (Å²) in [5.74, 6) is 0. The molecule has 182 valence electrons. The Balaban J connectivity index is 2.36. The molecule has 0 bridgehead atoms. The first kappa shape index (κ1) is 28.6. The Hall–Kier alpha value is -2.42. The Morgan fingerprint density at radius 1 is 0.818 bits per heavy atom. The maximum Gasteiger partial charge on any atom is 0.114 e. The van der Waals surface area contributed by atoms with Crippen LogP contribution in [0, 0.1) is 4.91 Å². The van der Waals surface area contributed by atoms with E-state index in [9.17, 15) is 4.91 Å². The molecule has 3 nitrogen and oxygen atoms in total. The normalized spacial score (nSPS) is 14.4. The molecule has 0 aromatic carbocycles. The first-order chi connectivity index (χ1) is 15.8. The van der Waals surface area contributed by atoms with Crippen molar-refractivity contribution in [3.05, 3.63) is 87.2 Å². The van der Waals surface area contributed by atoms with Crippen molar-refractivity contribution in [1.29, 1.82) is 0 Å². The number of nitrogens with one attached hydrogen (secondary N) is 1. The Morgan fingerprint density at radius 2 is 1.39 bits per heavy atom. The second kappa shape index (κ2) is 17.1. The molecule has 1 unspecified atom stereocenters. The van der Waals surface area contributed by atoms with Gasteiger partial charge < -0.3 is 4.98 Å². The zero-order valence-corrected chi connectivity index (χ0v) is 21.9. The summed E-state index contributed by atoms with van der Waals surface area (Å²) in [6, 6.07) is 1.84. The van der Waals surface area contributed by atoms with E-state index in [-0.39, 0.29) is 6.04 Å². The lowest BCUT2D eigenvalue weighted by atomic mass is 10.0. The second-order valence-electron chi connectivity index (χ2n) is 9.70. The van der Waals surface area contributed by atoms with E-state index in [0.717, 1.165) is 51.4 Å². The van der Waals surface area contributed by atoms with Gasteiger partial charge in [-0.1, -0.05) is 63.4 Å². The molecule has 3 heteroatoms. The molecule has 1 rings (SSSR count). The highest BCUT2D eigenvalue weighted by Gasteiger charge is 2.07. The molecule has 33 heavy (non-hydrogen) atoms. The van der Waals surface area contributed by atoms with Crippen LogP contribution in [0.1, 0.15) is 98.5 Å². The molecule has 1 aromatic rings. The Kier molecular flexibility index (Phi) is 14.8. The number of aromatic nitrogens is 1. The molecular formula is C30H46N2O. The van der Waals surface area contributed by atoms with Crippen molar-refractivity contribution in [3.63, 3.8) is 0 Å². The maximum absolute atomic E-state index is 11.3. The summed E-state index contributed by atoms with van der Waals surface area (Å²) < 4.78 is 0. The molecule has 1 aromatic heterocycles. The fourth-order valence-electron chi connectivity index (χ4n) is 3.84. The number of rotatable bonds is 16. The van der Waals surface area contributed by atoms with Crippen LogP contribution in [-0.4, -0.2) is 11.0 Å². The predicted molar refractivity (Wildman–Crippen MR) is 145 cm³/mol. The molecule has 1 heterocycles. The van der Waals surface area contributed by atoms with Gasteiger partial charge in [0, 0.05) is 12.4 Å². The molecule has 0 saturated carbocycles. The number of H-pyrrole nitrogens is 1. The molecule has 0 aliphatic rings. The fraction of sp³-hybridized carbons (Fsp3) is 0.533. The molecule has 0 amide bonds. The molecule has 1 N–H and O–H groups in total. The van der Waals surface area contributed by atoms with Crippen molar-refractivity contribution in [3.8, 4) is 0 Å². The van der Waals surface area contributed by atoms with Crippen molar-refractivity contribution in [1.82, 2.24) is 4.98 Å². The number of hydrogen-bond donors (Lipinski definition) is 1. The maximum atomic E-state index is 11.3. The van der Waals surface area contributed by atoms with Gasteiger partial charge in [0.15, 0.2) is 0 Å². The minimum atomic E-state index is -0.266. The quantitative estimate of drug-likeness (QED) is 0.198. The van der Waals surface area contributed by atoms with Crippen molar-refractivity contribution >= 4 is 0 Å². The van der Waals surface area contributed by atoms with Gasteiger partial charge in [-0.05, 0) is 111 Å². The first-order valence-electron chi connectivity index (χ1n) is 12.5. The predicted octanol–water partition coefficient (Wildman–Crippen LogP) is 9.56. The van der Waals surface area contributed by atoms with Crippen LogP contribution in [0.3, 0.4) is 0 Å². The highest BCUT2D eigenvalue weighted by atomic mass is 16.3. The highest BCUT2D eigenvalue weighted by molar-refractivity contribution is 5.14. The Morgan fingerprint density at radius 3 is 1.94 bits per heavy atom. The zero-order chi connectivity index (χ0) is 24.5. The topological polar surface area (TPSA) is 45.2 Å². The van der Waals surface area contributed by atoms with Crippen molar-refractivity contribution in [2.45, 2.75) is 105 Å². The van der Waals surface area contributed by atoms with E-state index in [1.165, 1.54) is 33.4 Å². The van der Waals surface area contributed by atoms with E-state index in [4.69, 9.17) is 0 Å². The molecular weight excluding hydrogens is 404 g/mol. The molecule has 1 atom stereocenters. The van der Waals surface area contributed by atoms with Crippen molar-refractivity contribution in [2.75, 3.05) is 0 Å². The summed E-state index contributed by atoms with van der Waals surface area (Å²) in [4.78, 5) is 14.4. The van der Waals surface area contributed by atoms with Crippen LogP contribution in [0.5, 0.6) is 0 Å². The monoisotopic (exact) mass is 450 g/mol. The number of allylic oxidation sites excluding steroid dienone is 8. The third-order valence-corrected chi connectivity index (χ3v) is 5.89. The summed E-state index contributed by atoms with van der Waals surface area (Å²) >= 11 is 0. The van der Waals surface area contributed by atoms with Gasteiger partial charge in [0.25, 0.3) is 0 Å². The van der Waals surface area contributed by atoms with Gasteiger partial charge in [-0.3, -0.25) is 0 Å². The van der Waals surface area contributed by atoms with Gasteiger partial charge >= 0.3 is 0 Å². The summed E-state index contributed by atoms with van der Waals surface area (Å²) in [5.41, 5.74) is 8.13. The van der Waals surface area contributed by atoms with Gasteiger partial charge in [-0.15, -0.1) is 0 Å². The number of aromatic amines is 1. The average Bonchev–Trinajstić information content (AvgIpc) is 3.26. The van der Waals surface area contributed by atoms with Gasteiger partial charge in [0.2, 0.25) is 0 Å². The average molecular weight is 451 g/mol. The standard InChI is InChI=1S/C30H46N2O/c1-24(2)11-7-12-25(3)13-8-14-26(4)15-9-16-27(5)21-30(32-33)22-28(6)17-10-18-29-19-20-31-23-29/h11,13,15,17,19-21,23,30-31H,7-10,12,14,16,18,22H2,1-6H3/b25-13+,26-15+,27-21+,28-17+. The molecule has 0 aliphatic heterocycles. The van der Waals surface area contributed by atoms with E-state index in [0.29, 0.717) is 6.42 Å². The number of nitroso groups, excluding NO2 is 1. The van der Waals surface area contributed by atoms with E-state index >= 15 is 0 Å². The minimum absolute atomic E-state index is 0.266. The van der Waals surface area contributed by atoms with E-state index < -0.39 is 0 Å². The minimum Gasteiger partial charge on any atom is -0.367 e. The Labute approximate surface area is 202 Å². The van der Waals surface area contributed by atoms with Gasteiger partial charge in [-0.2, -0.15) is 4.91 Å². The summed E-state index contributed by atoms with van der Waals surface area (Å²) in [5, 5.41) is 3.36. The van der Waals surface area contributed by atoms with Crippen molar-refractivity contribution in [2.24, 2.45) is 5.18 Å². The van der Waals surface area contributed by atoms with Gasteiger partial charge in [-0.25, -0.2) is 0 Å². The molecule has 0 fully saturated rings. The number of hydrogen-bond acceptors (Lipinski definition) is 2. The third-order valence-electron chi connectivity index (χ3n) is 5.89. The molecule has 0 aliphatic carbocycles. The van der Waals surface area contributed by atoms with Gasteiger partial charge in [0.05, 0.1) is 0 Å². The fourth-order valence-corrected chi connectivity index (χ4v) is 3.84. The number of nitrogens with zero attached hydrogens (tertiary/aromatic N) is 1. The highest BCUT2D eigenvalue weighted by Crippen LogP contribution is 2.17. The van der Waals surface area contributed by atoms with E-state index in [2.05, 4.69) is 88.1 Å². The summed E-state index contributed by atoms with van der Waals surface area (Å²) in [6.45, 7) is 13.0. The van der Waals surface area contributed by atoms with Crippen LogP contribution < -0.4 is 0 Å². The van der Waals surface area contributed by atoms with Crippen LogP contribution >= 0.6 is 0 Å². The molecule has 0 radical (unpaired) electrons. The molecule has 0 spiro atoms. The molecule has 0 saturated heterocycles. The summed E-state index contributed by atoms with van der Waals surface area (Å²) in [7, 11) is 0. The van der Waals surface area contributed by atoms with E-state index in [1.54, 1.807) is 0 Å². The smallest absolute Gasteiger partial charge is 0.114 e. The lowest BCUT2D eigenvalue weighted by Crippen LogP contribution is -2.01. The lowest BCUT2D eigenvalue weighted by molar-refractivity contribution is 0.774. The number of aryl methyl sites for hydroxylation is 1. The summed E-state index contributed by atoms with van der Waals surface area (Å²) in [6.07, 6.45) is 24.6. The second-order valence-corrected chi connectivity index (χ2v) is 9.70. The largest absolute Gasteiger partial charge is 0.367 e. The zero-order valence-electron chi connectivity index (χ0n) is 21.9. The van der Waals surface area contributed by atoms with Crippen LogP contribution in [0.4, 0.5) is 0 Å². The van der Waals surface area contributed by atoms with Crippen LogP contribution in [0.2, 0.25) is 0 Å². The van der Waals surface area contributed by atoms with Crippen LogP contribution in [-0.2, 0) is 6.42 Å². The van der Waals surface area contributed by atoms with Crippen LogP contribution in [0.15, 0.2) is 81.9 Å². The SMILES string of the molecule is CC(C)=CCC/C(C)=C/CC/C(C)=C/CC/C(C)=C/C(C/C(C)=C/CCc1cc[nH]c1)N=O. The van der Waals surface area contributed by atoms with Crippen molar-refractivity contribution < 1.29 is 0 Å². The van der Waals surface area contributed by atoms with Gasteiger partial charge in [0.1, 0.15) is 6.04 Å². The lowest BCUT2D eigenvalue weighted by Gasteiger charge is -2.07.